The first kappa shape index (κ1) is 23.9. The lowest BCUT2D eigenvalue weighted by Gasteiger charge is -2.11. The topological polar surface area (TPSA) is 111 Å². The number of carbonyl (C=O) groups is 2. The van der Waals surface area contributed by atoms with Gasteiger partial charge in [0.25, 0.3) is 5.91 Å². The number of benzene rings is 3. The summed E-state index contributed by atoms with van der Waals surface area (Å²) < 4.78 is 19.9. The summed E-state index contributed by atoms with van der Waals surface area (Å²) in [5, 5.41) is 17.6. The summed E-state index contributed by atoms with van der Waals surface area (Å²) >= 11 is 1.18. The molecule has 1 heterocycles. The van der Waals surface area contributed by atoms with Crippen LogP contribution in [-0.4, -0.2) is 44.9 Å². The lowest BCUT2D eigenvalue weighted by molar-refractivity contribution is -0.113. The number of nitrogens with one attached hydrogen (secondary N) is 2. The third kappa shape index (κ3) is 6.42. The number of aromatic nitrogens is 4. The van der Waals surface area contributed by atoms with Gasteiger partial charge in [0.15, 0.2) is 0 Å². The Balaban J connectivity index is 1.36. The van der Waals surface area contributed by atoms with Gasteiger partial charge >= 0.3 is 0 Å². The van der Waals surface area contributed by atoms with Crippen molar-refractivity contribution in [1.82, 2.24) is 20.2 Å². The Morgan fingerprint density at radius 2 is 1.74 bits per heavy atom. The van der Waals surface area contributed by atoms with E-state index in [0.29, 0.717) is 23.1 Å². The van der Waals surface area contributed by atoms with E-state index in [1.54, 1.807) is 36.1 Å². The molecule has 0 saturated heterocycles. The van der Waals surface area contributed by atoms with Crippen molar-refractivity contribution in [3.05, 3.63) is 89.7 Å². The first-order valence-corrected chi connectivity index (χ1v) is 11.5. The van der Waals surface area contributed by atoms with E-state index in [1.807, 2.05) is 24.3 Å². The van der Waals surface area contributed by atoms with Gasteiger partial charge in [-0.25, -0.2) is 9.07 Å². The van der Waals surface area contributed by atoms with Crippen molar-refractivity contribution in [3.8, 4) is 5.75 Å². The summed E-state index contributed by atoms with van der Waals surface area (Å²) in [6.45, 7) is 0.438. The van der Waals surface area contributed by atoms with Crippen LogP contribution in [0.1, 0.15) is 15.9 Å². The molecule has 1 aromatic heterocycles. The molecule has 0 saturated carbocycles. The average molecular weight is 493 g/mol. The molecule has 0 bridgehead atoms. The standard InChI is InChI=1S/C24H21FN6O3S/c1-34-19-12-6-16(7-13-19)14-31-24(28-29-30-31)35-15-22(32)27-21-5-3-2-4-20(21)23(33)26-18-10-8-17(25)9-11-18/h2-13H,14-15H2,1H3,(H,26,33)(H,27,32). The number of tetrazole rings is 1. The molecule has 35 heavy (non-hydrogen) atoms. The Kier molecular flexibility index (Phi) is 7.68. The first-order chi connectivity index (χ1) is 17.0. The molecular weight excluding hydrogens is 471 g/mol. The molecule has 0 spiro atoms. The van der Waals surface area contributed by atoms with Crippen LogP contribution in [0.4, 0.5) is 15.8 Å². The van der Waals surface area contributed by atoms with E-state index < -0.39 is 11.7 Å². The van der Waals surface area contributed by atoms with Crippen LogP contribution in [0.3, 0.4) is 0 Å². The van der Waals surface area contributed by atoms with Crippen LogP contribution in [-0.2, 0) is 11.3 Å². The summed E-state index contributed by atoms with van der Waals surface area (Å²) in [6, 6.07) is 19.6. The quantitative estimate of drug-likeness (QED) is 0.342. The van der Waals surface area contributed by atoms with Gasteiger partial charge in [0.2, 0.25) is 11.1 Å². The number of para-hydroxylation sites is 1. The van der Waals surface area contributed by atoms with Crippen LogP contribution >= 0.6 is 11.8 Å². The highest BCUT2D eigenvalue weighted by Gasteiger charge is 2.15. The molecule has 4 rings (SSSR count). The van der Waals surface area contributed by atoms with Gasteiger partial charge in [-0.1, -0.05) is 36.0 Å². The average Bonchev–Trinajstić information content (AvgIpc) is 3.31. The van der Waals surface area contributed by atoms with Gasteiger partial charge in [-0.15, -0.1) is 5.10 Å². The van der Waals surface area contributed by atoms with Crippen LogP contribution in [0, 0.1) is 5.82 Å². The number of hydrogen-bond donors (Lipinski definition) is 2. The van der Waals surface area contributed by atoms with Gasteiger partial charge in [-0.2, -0.15) is 0 Å². The number of methoxy groups -OCH3 is 1. The SMILES string of the molecule is COc1ccc(Cn2nnnc2SCC(=O)Nc2ccccc2C(=O)Nc2ccc(F)cc2)cc1. The van der Waals surface area contributed by atoms with E-state index in [9.17, 15) is 14.0 Å². The van der Waals surface area contributed by atoms with Crippen molar-refractivity contribution in [2.24, 2.45) is 0 Å². The van der Waals surface area contributed by atoms with Crippen LogP contribution in [0.25, 0.3) is 0 Å². The van der Waals surface area contributed by atoms with E-state index >= 15 is 0 Å². The number of anilines is 2. The maximum absolute atomic E-state index is 13.1. The number of amides is 2. The largest absolute Gasteiger partial charge is 0.497 e. The van der Waals surface area contributed by atoms with Gasteiger partial charge in [0.05, 0.1) is 30.7 Å². The number of carbonyl (C=O) groups excluding carboxylic acids is 2. The smallest absolute Gasteiger partial charge is 0.257 e. The molecule has 2 amide bonds. The van der Waals surface area contributed by atoms with Crippen molar-refractivity contribution in [2.45, 2.75) is 11.7 Å². The van der Waals surface area contributed by atoms with Gasteiger partial charge in [-0.05, 0) is 64.5 Å². The second-order valence-electron chi connectivity index (χ2n) is 7.31. The minimum Gasteiger partial charge on any atom is -0.497 e. The van der Waals surface area contributed by atoms with Gasteiger partial charge in [-0.3, -0.25) is 9.59 Å². The molecule has 0 fully saturated rings. The van der Waals surface area contributed by atoms with E-state index in [0.717, 1.165) is 11.3 Å². The van der Waals surface area contributed by atoms with E-state index in [4.69, 9.17) is 4.74 Å². The Morgan fingerprint density at radius 3 is 2.49 bits per heavy atom. The van der Waals surface area contributed by atoms with Crippen molar-refractivity contribution in [1.29, 1.82) is 0 Å². The molecule has 9 nitrogen and oxygen atoms in total. The molecule has 0 aliphatic rings. The number of ether oxygens (including phenoxy) is 1. The third-order valence-electron chi connectivity index (χ3n) is 4.87. The fraction of sp³-hybridized carbons (Fsp3) is 0.125. The van der Waals surface area contributed by atoms with E-state index in [-0.39, 0.29) is 17.2 Å². The fourth-order valence-corrected chi connectivity index (χ4v) is 3.82. The fourth-order valence-electron chi connectivity index (χ4n) is 3.14. The molecule has 0 atom stereocenters. The molecule has 0 radical (unpaired) electrons. The van der Waals surface area contributed by atoms with Crippen molar-refractivity contribution in [3.63, 3.8) is 0 Å². The zero-order valence-electron chi connectivity index (χ0n) is 18.6. The lowest BCUT2D eigenvalue weighted by Crippen LogP contribution is -2.19. The molecular formula is C24H21FN6O3S. The van der Waals surface area contributed by atoms with E-state index in [2.05, 4.69) is 26.2 Å². The second kappa shape index (κ2) is 11.3. The van der Waals surface area contributed by atoms with Gasteiger partial charge < -0.3 is 15.4 Å². The Bertz CT molecular complexity index is 1310. The molecule has 178 valence electrons. The molecule has 3 aromatic carbocycles. The van der Waals surface area contributed by atoms with Gasteiger partial charge in [0, 0.05) is 5.69 Å². The summed E-state index contributed by atoms with van der Waals surface area (Å²) in [7, 11) is 1.60. The van der Waals surface area contributed by atoms with Crippen molar-refractivity contribution < 1.29 is 18.7 Å². The molecule has 4 aromatic rings. The van der Waals surface area contributed by atoms with Crippen molar-refractivity contribution >= 4 is 35.0 Å². The minimum atomic E-state index is -0.427. The van der Waals surface area contributed by atoms with Crippen LogP contribution in [0.5, 0.6) is 5.75 Å². The normalized spacial score (nSPS) is 10.6. The Morgan fingerprint density at radius 1 is 1.00 bits per heavy atom. The zero-order valence-corrected chi connectivity index (χ0v) is 19.5. The van der Waals surface area contributed by atoms with Crippen LogP contribution < -0.4 is 15.4 Å². The molecule has 0 aliphatic heterocycles. The minimum absolute atomic E-state index is 0.0386. The summed E-state index contributed by atoms with van der Waals surface area (Å²) in [5.41, 5.74) is 2.05. The number of rotatable bonds is 9. The molecule has 11 heteroatoms. The van der Waals surface area contributed by atoms with Crippen molar-refractivity contribution in [2.75, 3.05) is 23.5 Å². The number of thioether (sulfide) groups is 1. The number of halogens is 1. The van der Waals surface area contributed by atoms with Crippen LogP contribution in [0.15, 0.2) is 78.0 Å². The predicted molar refractivity (Wildman–Crippen MR) is 130 cm³/mol. The number of hydrogen-bond acceptors (Lipinski definition) is 7. The van der Waals surface area contributed by atoms with Gasteiger partial charge in [0.1, 0.15) is 11.6 Å². The monoisotopic (exact) mass is 492 g/mol. The van der Waals surface area contributed by atoms with E-state index in [1.165, 1.54) is 36.0 Å². The Labute approximate surface area is 204 Å². The second-order valence-corrected chi connectivity index (χ2v) is 8.25. The van der Waals surface area contributed by atoms with Crippen LogP contribution in [0.2, 0.25) is 0 Å². The molecule has 2 N–H and O–H groups in total. The molecule has 0 aliphatic carbocycles. The predicted octanol–water partition coefficient (Wildman–Crippen LogP) is 3.85. The highest BCUT2D eigenvalue weighted by Crippen LogP contribution is 2.20. The highest BCUT2D eigenvalue weighted by atomic mass is 32.2. The summed E-state index contributed by atoms with van der Waals surface area (Å²) in [4.78, 5) is 25.3. The molecule has 0 unspecified atom stereocenters. The highest BCUT2D eigenvalue weighted by molar-refractivity contribution is 7.99. The first-order valence-electron chi connectivity index (χ1n) is 10.5. The Hall–Kier alpha value is -4.25. The maximum Gasteiger partial charge on any atom is 0.257 e. The summed E-state index contributed by atoms with van der Waals surface area (Å²) in [6.07, 6.45) is 0. The zero-order chi connectivity index (χ0) is 24.6. The number of nitrogens with zero attached hydrogens (tertiary/aromatic N) is 4. The maximum atomic E-state index is 13.1. The third-order valence-corrected chi connectivity index (χ3v) is 5.83. The lowest BCUT2D eigenvalue weighted by atomic mass is 10.1. The summed E-state index contributed by atoms with van der Waals surface area (Å²) in [5.74, 6) is -0.358.